The van der Waals surface area contributed by atoms with E-state index in [4.69, 9.17) is 0 Å². The van der Waals surface area contributed by atoms with Gasteiger partial charge in [-0.05, 0) is 47.1 Å². The van der Waals surface area contributed by atoms with Gasteiger partial charge in [-0.15, -0.1) is 3.77 Å². The molecular weight excluding hydrogens is 388 g/mol. The zero-order valence-corrected chi connectivity index (χ0v) is 15.3. The van der Waals surface area contributed by atoms with E-state index in [0.29, 0.717) is 5.69 Å². The van der Waals surface area contributed by atoms with E-state index in [1.165, 1.54) is 18.4 Å². The molecule has 0 amide bonds. The fourth-order valence-electron chi connectivity index (χ4n) is 1.75. The fraction of sp³-hybridized carbons (Fsp3) is 0.214. The lowest BCUT2D eigenvalue weighted by Crippen LogP contribution is -2.07. The number of rotatable bonds is 4. The lowest BCUT2D eigenvalue weighted by atomic mass is 10.2. The summed E-state index contributed by atoms with van der Waals surface area (Å²) in [6, 6.07) is 9.71. The van der Waals surface area contributed by atoms with Crippen molar-refractivity contribution in [2.75, 3.05) is 6.26 Å². The van der Waals surface area contributed by atoms with Crippen LogP contribution < -0.4 is 0 Å². The highest BCUT2D eigenvalue weighted by Gasteiger charge is 2.16. The monoisotopic (exact) mass is 402 g/mol. The Labute approximate surface area is 139 Å². The molecule has 2 aromatic rings. The molecule has 1 atom stereocenters. The Bertz CT molecular complexity index is 883. The highest BCUT2D eigenvalue weighted by atomic mass is 79.9. The van der Waals surface area contributed by atoms with Crippen LogP contribution >= 0.6 is 15.9 Å². The first kappa shape index (κ1) is 17.1. The van der Waals surface area contributed by atoms with Crippen molar-refractivity contribution in [3.8, 4) is 0 Å². The molecule has 0 aliphatic heterocycles. The molecule has 2 rings (SSSR count). The van der Waals surface area contributed by atoms with Crippen LogP contribution in [0.25, 0.3) is 0 Å². The molecule has 5 nitrogen and oxygen atoms in total. The lowest BCUT2D eigenvalue weighted by Gasteiger charge is -2.05. The maximum absolute atomic E-state index is 12.5. The Morgan fingerprint density at radius 3 is 2.27 bits per heavy atom. The molecule has 0 radical (unpaired) electrons. The number of benzene rings is 1. The van der Waals surface area contributed by atoms with Crippen LogP contribution in [0.1, 0.15) is 11.3 Å². The molecule has 22 heavy (non-hydrogen) atoms. The van der Waals surface area contributed by atoms with Gasteiger partial charge in [0.1, 0.15) is 0 Å². The van der Waals surface area contributed by atoms with E-state index in [0.717, 1.165) is 10.0 Å². The minimum absolute atomic E-state index is 0.0224. The molecule has 1 heterocycles. The van der Waals surface area contributed by atoms with Gasteiger partial charge in [0.2, 0.25) is 0 Å². The molecule has 8 heteroatoms. The standard InChI is InChI=1S/C14H15BrN2O3S2/c1-11-3-7-14(8-4-11)22(19,20)17-21(2,18)10-13-6-5-12(15)9-16-13/h3-9H,10H2,1-2H3. The summed E-state index contributed by atoms with van der Waals surface area (Å²) in [4.78, 5) is 4.14. The summed E-state index contributed by atoms with van der Waals surface area (Å²) >= 11 is 3.26. The smallest absolute Gasteiger partial charge is 0.259 e. The predicted molar refractivity (Wildman–Crippen MR) is 90.5 cm³/mol. The highest BCUT2D eigenvalue weighted by Crippen LogP contribution is 2.17. The second-order valence-electron chi connectivity index (χ2n) is 4.93. The normalized spacial score (nSPS) is 14.3. The van der Waals surface area contributed by atoms with Gasteiger partial charge in [0.25, 0.3) is 10.0 Å². The van der Waals surface area contributed by atoms with E-state index in [-0.39, 0.29) is 10.6 Å². The van der Waals surface area contributed by atoms with Gasteiger partial charge in [0.15, 0.2) is 0 Å². The molecule has 1 unspecified atom stereocenters. The average Bonchev–Trinajstić information content (AvgIpc) is 2.40. The quantitative estimate of drug-likeness (QED) is 0.786. The number of sulfonamides is 1. The summed E-state index contributed by atoms with van der Waals surface area (Å²) in [5.74, 6) is -0.0224. The van der Waals surface area contributed by atoms with Gasteiger partial charge < -0.3 is 0 Å². The van der Waals surface area contributed by atoms with Gasteiger partial charge in [-0.2, -0.15) is 8.42 Å². The number of hydrogen-bond donors (Lipinski definition) is 0. The van der Waals surface area contributed by atoms with Crippen LogP contribution in [0.4, 0.5) is 0 Å². The molecule has 1 aromatic carbocycles. The zero-order chi connectivity index (χ0) is 16.4. The Hall–Kier alpha value is -1.25. The summed E-state index contributed by atoms with van der Waals surface area (Å²) < 4.78 is 41.4. The third-order valence-corrected chi connectivity index (χ3v) is 6.99. The van der Waals surface area contributed by atoms with Gasteiger partial charge in [0.05, 0.1) is 26.1 Å². The molecule has 0 spiro atoms. The Balaban J connectivity index is 2.34. The van der Waals surface area contributed by atoms with Gasteiger partial charge in [-0.3, -0.25) is 4.98 Å². The van der Waals surface area contributed by atoms with Gasteiger partial charge in [0, 0.05) is 16.9 Å². The van der Waals surface area contributed by atoms with Crippen molar-refractivity contribution >= 4 is 35.7 Å². The first-order chi connectivity index (χ1) is 10.2. The van der Waals surface area contributed by atoms with Crippen LogP contribution in [0.2, 0.25) is 0 Å². The predicted octanol–water partition coefficient (Wildman–Crippen LogP) is 3.14. The minimum atomic E-state index is -3.95. The Morgan fingerprint density at radius 1 is 1.09 bits per heavy atom. The second-order valence-corrected chi connectivity index (χ2v) is 10.1. The molecule has 0 bridgehead atoms. The number of aromatic nitrogens is 1. The van der Waals surface area contributed by atoms with E-state index in [1.807, 2.05) is 6.92 Å². The first-order valence-electron chi connectivity index (χ1n) is 6.31. The van der Waals surface area contributed by atoms with E-state index < -0.39 is 19.8 Å². The summed E-state index contributed by atoms with van der Waals surface area (Å²) in [5.41, 5.74) is 1.47. The van der Waals surface area contributed by atoms with E-state index in [9.17, 15) is 12.6 Å². The van der Waals surface area contributed by atoms with Crippen LogP contribution in [0.15, 0.2) is 55.7 Å². The SMILES string of the molecule is Cc1ccc(S(=O)(=O)N=S(C)(=O)Cc2ccc(Br)cn2)cc1. The van der Waals surface area contributed by atoms with Crippen LogP contribution in [0, 0.1) is 6.92 Å². The lowest BCUT2D eigenvalue weighted by molar-refractivity contribution is 0.598. The van der Waals surface area contributed by atoms with Crippen LogP contribution in [-0.4, -0.2) is 23.9 Å². The molecule has 118 valence electrons. The molecule has 0 N–H and O–H groups in total. The van der Waals surface area contributed by atoms with Crippen molar-refractivity contribution in [2.24, 2.45) is 3.77 Å². The maximum Gasteiger partial charge on any atom is 0.290 e. The highest BCUT2D eigenvalue weighted by molar-refractivity contribution is 9.10. The Kier molecular flexibility index (Phi) is 5.03. The molecule has 0 fully saturated rings. The number of aryl methyl sites for hydroxylation is 1. The minimum Gasteiger partial charge on any atom is -0.259 e. The van der Waals surface area contributed by atoms with Gasteiger partial charge in [-0.25, -0.2) is 4.21 Å². The summed E-state index contributed by atoms with van der Waals surface area (Å²) in [6.45, 7) is 1.86. The third kappa shape index (κ3) is 4.62. The van der Waals surface area contributed by atoms with Crippen molar-refractivity contribution in [1.82, 2.24) is 4.98 Å². The number of pyridine rings is 1. The summed E-state index contributed by atoms with van der Waals surface area (Å²) in [7, 11) is -6.90. The van der Waals surface area contributed by atoms with Crippen molar-refractivity contribution in [2.45, 2.75) is 17.6 Å². The Morgan fingerprint density at radius 2 is 1.73 bits per heavy atom. The summed E-state index contributed by atoms with van der Waals surface area (Å²) in [5, 5.41) is 0. The number of nitrogens with zero attached hydrogens (tertiary/aromatic N) is 2. The number of halogens is 1. The van der Waals surface area contributed by atoms with Crippen molar-refractivity contribution in [3.05, 3.63) is 58.3 Å². The van der Waals surface area contributed by atoms with E-state index >= 15 is 0 Å². The van der Waals surface area contributed by atoms with Crippen molar-refractivity contribution in [1.29, 1.82) is 0 Å². The molecule has 0 saturated heterocycles. The molecule has 0 saturated carbocycles. The maximum atomic E-state index is 12.5. The van der Waals surface area contributed by atoms with Crippen molar-refractivity contribution < 1.29 is 12.6 Å². The number of hydrogen-bond acceptors (Lipinski definition) is 4. The van der Waals surface area contributed by atoms with Gasteiger partial charge in [-0.1, -0.05) is 17.7 Å². The summed E-state index contributed by atoms with van der Waals surface area (Å²) in [6.07, 6.45) is 2.89. The van der Waals surface area contributed by atoms with Crippen LogP contribution in [0.3, 0.4) is 0 Å². The molecular formula is C14H15BrN2O3S2. The van der Waals surface area contributed by atoms with E-state index in [1.54, 1.807) is 30.5 Å². The van der Waals surface area contributed by atoms with E-state index in [2.05, 4.69) is 24.7 Å². The largest absolute Gasteiger partial charge is 0.290 e. The van der Waals surface area contributed by atoms with Crippen molar-refractivity contribution in [3.63, 3.8) is 0 Å². The second kappa shape index (κ2) is 6.47. The van der Waals surface area contributed by atoms with Crippen LogP contribution in [-0.2, 0) is 25.5 Å². The average molecular weight is 403 g/mol. The topological polar surface area (TPSA) is 76.5 Å². The molecule has 0 aliphatic carbocycles. The third-order valence-electron chi connectivity index (χ3n) is 2.78. The van der Waals surface area contributed by atoms with Crippen LogP contribution in [0.5, 0.6) is 0 Å². The zero-order valence-electron chi connectivity index (χ0n) is 12.1. The molecule has 1 aromatic heterocycles. The van der Waals surface area contributed by atoms with Gasteiger partial charge >= 0.3 is 0 Å². The molecule has 0 aliphatic rings. The first-order valence-corrected chi connectivity index (χ1v) is 10.6. The fourth-order valence-corrected chi connectivity index (χ4v) is 5.40.